The average molecular weight is 191 g/mol. The summed E-state index contributed by atoms with van der Waals surface area (Å²) in [6, 6.07) is 0.106. The Morgan fingerprint density at radius 3 is 2.20 bits per heavy atom. The molecule has 1 atom stereocenters. The third kappa shape index (κ3) is 11.3. The molecule has 10 heavy (non-hydrogen) atoms. The standard InChI is InChI=1S/C5H14N2O.2ClH/c1-8-3-2-5(7)4-6;;/h5H,2-4,6-7H2,1H3;2*1H. The molecule has 0 aliphatic heterocycles. The fourth-order valence-electron chi connectivity index (χ4n) is 0.387. The van der Waals surface area contributed by atoms with Gasteiger partial charge in [0.05, 0.1) is 0 Å². The normalized spacial score (nSPS) is 11.1. The van der Waals surface area contributed by atoms with E-state index in [9.17, 15) is 0 Å². The van der Waals surface area contributed by atoms with E-state index in [-0.39, 0.29) is 30.9 Å². The Bertz CT molecular complexity index is 56.9. The van der Waals surface area contributed by atoms with Gasteiger partial charge in [0, 0.05) is 26.3 Å². The van der Waals surface area contributed by atoms with Gasteiger partial charge in [-0.2, -0.15) is 0 Å². The molecule has 0 bridgehead atoms. The van der Waals surface area contributed by atoms with Crippen LogP contribution in [-0.4, -0.2) is 26.3 Å². The minimum Gasteiger partial charge on any atom is -0.385 e. The first-order valence-corrected chi connectivity index (χ1v) is 2.76. The van der Waals surface area contributed by atoms with Gasteiger partial charge in [0.2, 0.25) is 0 Å². The van der Waals surface area contributed by atoms with Crippen LogP contribution in [0.4, 0.5) is 0 Å². The first-order chi connectivity index (χ1) is 3.81. The zero-order chi connectivity index (χ0) is 6.41. The average Bonchev–Trinajstić information content (AvgIpc) is 1.83. The van der Waals surface area contributed by atoms with Crippen molar-refractivity contribution in [1.29, 1.82) is 0 Å². The second kappa shape index (κ2) is 12.2. The van der Waals surface area contributed by atoms with Gasteiger partial charge in [-0.3, -0.25) is 0 Å². The largest absolute Gasteiger partial charge is 0.385 e. The van der Waals surface area contributed by atoms with Crippen LogP contribution in [-0.2, 0) is 4.74 Å². The van der Waals surface area contributed by atoms with Gasteiger partial charge >= 0.3 is 0 Å². The summed E-state index contributed by atoms with van der Waals surface area (Å²) in [5.41, 5.74) is 10.7. The summed E-state index contributed by atoms with van der Waals surface area (Å²) in [5.74, 6) is 0. The smallest absolute Gasteiger partial charge is 0.0477 e. The topological polar surface area (TPSA) is 61.3 Å². The monoisotopic (exact) mass is 190 g/mol. The Morgan fingerprint density at radius 2 is 1.90 bits per heavy atom. The molecule has 3 nitrogen and oxygen atoms in total. The molecule has 4 N–H and O–H groups in total. The summed E-state index contributed by atoms with van der Waals surface area (Å²) in [6.45, 7) is 1.25. The molecule has 0 aromatic heterocycles. The second-order valence-electron chi connectivity index (χ2n) is 1.78. The first-order valence-electron chi connectivity index (χ1n) is 2.76. The van der Waals surface area contributed by atoms with Crippen LogP contribution in [0.15, 0.2) is 0 Å². The van der Waals surface area contributed by atoms with Crippen molar-refractivity contribution in [3.8, 4) is 0 Å². The summed E-state index contributed by atoms with van der Waals surface area (Å²) < 4.78 is 4.78. The summed E-state index contributed by atoms with van der Waals surface area (Å²) >= 11 is 0. The molecular formula is C5H16Cl2N2O. The van der Waals surface area contributed by atoms with E-state index in [1.165, 1.54) is 0 Å². The summed E-state index contributed by atoms with van der Waals surface area (Å²) in [5, 5.41) is 0. The van der Waals surface area contributed by atoms with Crippen LogP contribution in [0.3, 0.4) is 0 Å². The predicted octanol–water partition coefficient (Wildman–Crippen LogP) is 0.152. The summed E-state index contributed by atoms with van der Waals surface area (Å²) in [4.78, 5) is 0. The van der Waals surface area contributed by atoms with Gasteiger partial charge in [-0.05, 0) is 6.42 Å². The lowest BCUT2D eigenvalue weighted by Gasteiger charge is -2.05. The molecule has 0 aromatic carbocycles. The van der Waals surface area contributed by atoms with E-state index in [0.29, 0.717) is 13.2 Å². The highest BCUT2D eigenvalue weighted by Gasteiger charge is 1.95. The third-order valence-corrected chi connectivity index (χ3v) is 0.996. The quantitative estimate of drug-likeness (QED) is 0.665. The van der Waals surface area contributed by atoms with Crippen molar-refractivity contribution in [2.75, 3.05) is 20.3 Å². The zero-order valence-electron chi connectivity index (χ0n) is 6.08. The molecule has 0 spiro atoms. The maximum Gasteiger partial charge on any atom is 0.0477 e. The highest BCUT2D eigenvalue weighted by Crippen LogP contribution is 1.83. The number of halogens is 2. The molecule has 0 aliphatic rings. The van der Waals surface area contributed by atoms with Gasteiger partial charge in [0.25, 0.3) is 0 Å². The first kappa shape index (κ1) is 16.8. The van der Waals surface area contributed by atoms with Crippen molar-refractivity contribution in [2.24, 2.45) is 11.5 Å². The molecule has 0 amide bonds. The van der Waals surface area contributed by atoms with E-state index in [0.717, 1.165) is 6.42 Å². The molecule has 0 rings (SSSR count). The predicted molar refractivity (Wildman–Crippen MR) is 48.0 cm³/mol. The number of nitrogens with two attached hydrogens (primary N) is 2. The Hall–Kier alpha value is 0.460. The number of hydrogen-bond donors (Lipinski definition) is 2. The molecule has 0 saturated carbocycles. The van der Waals surface area contributed by atoms with Crippen LogP contribution in [0.1, 0.15) is 6.42 Å². The van der Waals surface area contributed by atoms with Crippen molar-refractivity contribution in [2.45, 2.75) is 12.5 Å². The Kier molecular flexibility index (Phi) is 20.5. The van der Waals surface area contributed by atoms with Gasteiger partial charge in [0.15, 0.2) is 0 Å². The lowest BCUT2D eigenvalue weighted by atomic mass is 10.2. The van der Waals surface area contributed by atoms with Crippen LogP contribution in [0.25, 0.3) is 0 Å². The lowest BCUT2D eigenvalue weighted by Crippen LogP contribution is -2.30. The second-order valence-corrected chi connectivity index (χ2v) is 1.78. The highest BCUT2D eigenvalue weighted by atomic mass is 35.5. The number of hydrogen-bond acceptors (Lipinski definition) is 3. The van der Waals surface area contributed by atoms with Crippen LogP contribution < -0.4 is 11.5 Å². The van der Waals surface area contributed by atoms with Crippen molar-refractivity contribution >= 4 is 24.8 Å². The maximum atomic E-state index is 5.45. The van der Waals surface area contributed by atoms with Gasteiger partial charge in [-0.15, -0.1) is 24.8 Å². The molecule has 0 fully saturated rings. The van der Waals surface area contributed by atoms with E-state index in [1.807, 2.05) is 0 Å². The SMILES string of the molecule is COCCC(N)CN.Cl.Cl. The van der Waals surface area contributed by atoms with Crippen molar-refractivity contribution in [1.82, 2.24) is 0 Å². The summed E-state index contributed by atoms with van der Waals surface area (Å²) in [7, 11) is 1.66. The van der Waals surface area contributed by atoms with E-state index in [1.54, 1.807) is 7.11 Å². The van der Waals surface area contributed by atoms with Gasteiger partial charge in [0.1, 0.15) is 0 Å². The Balaban J connectivity index is -0.000000245. The molecule has 5 heteroatoms. The zero-order valence-corrected chi connectivity index (χ0v) is 7.71. The Morgan fingerprint density at radius 1 is 1.40 bits per heavy atom. The van der Waals surface area contributed by atoms with E-state index >= 15 is 0 Å². The van der Waals surface area contributed by atoms with Crippen molar-refractivity contribution in [3.63, 3.8) is 0 Å². The minimum atomic E-state index is 0. The van der Waals surface area contributed by atoms with Crippen LogP contribution in [0.2, 0.25) is 0 Å². The molecule has 0 aromatic rings. The Labute approximate surface area is 74.3 Å². The van der Waals surface area contributed by atoms with Crippen molar-refractivity contribution < 1.29 is 4.74 Å². The van der Waals surface area contributed by atoms with Crippen LogP contribution in [0.5, 0.6) is 0 Å². The van der Waals surface area contributed by atoms with Gasteiger partial charge in [-0.1, -0.05) is 0 Å². The van der Waals surface area contributed by atoms with Crippen molar-refractivity contribution in [3.05, 3.63) is 0 Å². The molecule has 0 saturated heterocycles. The molecule has 0 aliphatic carbocycles. The van der Waals surface area contributed by atoms with Crippen LogP contribution >= 0.6 is 24.8 Å². The van der Waals surface area contributed by atoms with E-state index < -0.39 is 0 Å². The van der Waals surface area contributed by atoms with E-state index in [2.05, 4.69) is 0 Å². The van der Waals surface area contributed by atoms with E-state index in [4.69, 9.17) is 16.2 Å². The van der Waals surface area contributed by atoms with Crippen LogP contribution in [0, 0.1) is 0 Å². The maximum absolute atomic E-state index is 5.45. The molecule has 0 heterocycles. The number of methoxy groups -OCH3 is 1. The molecule has 0 radical (unpaired) electrons. The molecule has 66 valence electrons. The lowest BCUT2D eigenvalue weighted by molar-refractivity contribution is 0.188. The number of rotatable bonds is 4. The number of ether oxygens (including phenoxy) is 1. The summed E-state index contributed by atoms with van der Waals surface area (Å²) in [6.07, 6.45) is 0.854. The van der Waals surface area contributed by atoms with Gasteiger partial charge in [-0.25, -0.2) is 0 Å². The molecule has 1 unspecified atom stereocenters. The fraction of sp³-hybridized carbons (Fsp3) is 1.00. The third-order valence-electron chi connectivity index (χ3n) is 0.996. The highest BCUT2D eigenvalue weighted by molar-refractivity contribution is 5.85. The molecular weight excluding hydrogens is 175 g/mol. The fourth-order valence-corrected chi connectivity index (χ4v) is 0.387. The van der Waals surface area contributed by atoms with Gasteiger partial charge < -0.3 is 16.2 Å². The minimum absolute atomic E-state index is 0.